The van der Waals surface area contributed by atoms with Crippen LogP contribution in [0.1, 0.15) is 48.5 Å². The Labute approximate surface area is 198 Å². The lowest BCUT2D eigenvalue weighted by Crippen LogP contribution is -2.27. The predicted molar refractivity (Wildman–Crippen MR) is 130 cm³/mol. The second-order valence-electron chi connectivity index (χ2n) is 8.52. The molecule has 174 valence electrons. The summed E-state index contributed by atoms with van der Waals surface area (Å²) in [6.45, 7) is 10.3. The Hall–Kier alpha value is -3.39. The highest BCUT2D eigenvalue weighted by Crippen LogP contribution is 2.28. The van der Waals surface area contributed by atoms with Gasteiger partial charge in [-0.1, -0.05) is 20.8 Å². The maximum Gasteiger partial charge on any atom is 0.261 e. The van der Waals surface area contributed by atoms with E-state index in [2.05, 4.69) is 15.6 Å². The van der Waals surface area contributed by atoms with Gasteiger partial charge in [-0.2, -0.15) is 0 Å². The SMILES string of the molecule is CCOc1ccc(Oc2cc(CNC(=O)c3sc(NC(=O)C(C)(C)C)cc3C)ccn2)cc1. The molecule has 0 radical (unpaired) electrons. The molecule has 0 aliphatic rings. The zero-order valence-corrected chi connectivity index (χ0v) is 20.3. The molecule has 0 bridgehead atoms. The molecule has 2 aromatic heterocycles. The molecule has 0 fully saturated rings. The molecule has 3 rings (SSSR count). The van der Waals surface area contributed by atoms with E-state index in [1.54, 1.807) is 12.3 Å². The van der Waals surface area contributed by atoms with E-state index >= 15 is 0 Å². The number of pyridine rings is 1. The summed E-state index contributed by atoms with van der Waals surface area (Å²) >= 11 is 1.27. The number of nitrogens with zero attached hydrogens (tertiary/aromatic N) is 1. The van der Waals surface area contributed by atoms with E-state index in [1.165, 1.54) is 11.3 Å². The number of ether oxygens (including phenoxy) is 2. The van der Waals surface area contributed by atoms with Gasteiger partial charge < -0.3 is 20.1 Å². The van der Waals surface area contributed by atoms with Crippen LogP contribution >= 0.6 is 11.3 Å². The Morgan fingerprint density at radius 1 is 1.06 bits per heavy atom. The number of amides is 2. The summed E-state index contributed by atoms with van der Waals surface area (Å²) in [4.78, 5) is 29.7. The fourth-order valence-corrected chi connectivity index (χ4v) is 3.82. The summed E-state index contributed by atoms with van der Waals surface area (Å²) in [6, 6.07) is 12.7. The first-order chi connectivity index (χ1) is 15.7. The van der Waals surface area contributed by atoms with Gasteiger partial charge in [0, 0.05) is 24.2 Å². The molecule has 0 spiro atoms. The summed E-state index contributed by atoms with van der Waals surface area (Å²) in [5, 5.41) is 6.46. The molecule has 1 aromatic carbocycles. The summed E-state index contributed by atoms with van der Waals surface area (Å²) < 4.78 is 11.2. The van der Waals surface area contributed by atoms with Crippen molar-refractivity contribution in [2.24, 2.45) is 5.41 Å². The van der Waals surface area contributed by atoms with Gasteiger partial charge in [0.15, 0.2) is 0 Å². The van der Waals surface area contributed by atoms with Crippen LogP contribution in [0.2, 0.25) is 0 Å². The smallest absolute Gasteiger partial charge is 0.261 e. The lowest BCUT2D eigenvalue weighted by Gasteiger charge is -2.16. The van der Waals surface area contributed by atoms with E-state index in [0.717, 1.165) is 16.9 Å². The minimum absolute atomic E-state index is 0.0902. The lowest BCUT2D eigenvalue weighted by molar-refractivity contribution is -0.123. The summed E-state index contributed by atoms with van der Waals surface area (Å²) in [5.74, 6) is 1.57. The summed E-state index contributed by atoms with van der Waals surface area (Å²) in [5.41, 5.74) is 1.16. The van der Waals surface area contributed by atoms with Gasteiger partial charge in [-0.25, -0.2) is 4.98 Å². The summed E-state index contributed by atoms with van der Waals surface area (Å²) in [6.07, 6.45) is 1.64. The Morgan fingerprint density at radius 3 is 2.42 bits per heavy atom. The van der Waals surface area contributed by atoms with Crippen molar-refractivity contribution in [3.8, 4) is 17.4 Å². The monoisotopic (exact) mass is 467 g/mol. The Bertz CT molecular complexity index is 1120. The number of carbonyl (C=O) groups excluding carboxylic acids is 2. The molecule has 7 nitrogen and oxygen atoms in total. The highest BCUT2D eigenvalue weighted by Gasteiger charge is 2.23. The zero-order chi connectivity index (χ0) is 24.0. The van der Waals surface area contributed by atoms with Gasteiger partial charge in [-0.3, -0.25) is 9.59 Å². The number of rotatable bonds is 8. The molecule has 0 saturated heterocycles. The number of anilines is 1. The van der Waals surface area contributed by atoms with E-state index in [0.29, 0.717) is 34.7 Å². The van der Waals surface area contributed by atoms with Gasteiger partial charge in [-0.05, 0) is 61.4 Å². The average Bonchev–Trinajstić information content (AvgIpc) is 3.13. The van der Waals surface area contributed by atoms with Crippen LogP contribution in [-0.4, -0.2) is 23.4 Å². The molecular weight excluding hydrogens is 438 g/mol. The van der Waals surface area contributed by atoms with Crippen LogP contribution in [0.4, 0.5) is 5.00 Å². The van der Waals surface area contributed by atoms with E-state index in [-0.39, 0.29) is 11.8 Å². The topological polar surface area (TPSA) is 89.5 Å². The fraction of sp³-hybridized carbons (Fsp3) is 0.320. The number of hydrogen-bond donors (Lipinski definition) is 2. The number of aromatic nitrogens is 1. The van der Waals surface area contributed by atoms with Crippen molar-refractivity contribution < 1.29 is 19.1 Å². The van der Waals surface area contributed by atoms with Crippen LogP contribution in [0.3, 0.4) is 0 Å². The predicted octanol–water partition coefficient (Wildman–Crippen LogP) is 5.56. The Kier molecular flexibility index (Phi) is 7.71. The van der Waals surface area contributed by atoms with E-state index < -0.39 is 5.41 Å². The van der Waals surface area contributed by atoms with Crippen molar-refractivity contribution in [1.29, 1.82) is 0 Å². The highest BCUT2D eigenvalue weighted by atomic mass is 32.1. The van der Waals surface area contributed by atoms with Crippen molar-refractivity contribution in [1.82, 2.24) is 10.3 Å². The van der Waals surface area contributed by atoms with Crippen molar-refractivity contribution in [2.75, 3.05) is 11.9 Å². The minimum Gasteiger partial charge on any atom is -0.494 e. The van der Waals surface area contributed by atoms with Gasteiger partial charge in [0.25, 0.3) is 5.91 Å². The molecule has 2 N–H and O–H groups in total. The average molecular weight is 468 g/mol. The highest BCUT2D eigenvalue weighted by molar-refractivity contribution is 7.18. The van der Waals surface area contributed by atoms with Crippen molar-refractivity contribution in [3.05, 3.63) is 64.7 Å². The first-order valence-electron chi connectivity index (χ1n) is 10.7. The normalized spacial score (nSPS) is 11.1. The van der Waals surface area contributed by atoms with Gasteiger partial charge in [0.1, 0.15) is 11.5 Å². The third-order valence-electron chi connectivity index (χ3n) is 4.65. The van der Waals surface area contributed by atoms with E-state index in [4.69, 9.17) is 9.47 Å². The number of nitrogens with one attached hydrogen (secondary N) is 2. The molecule has 0 aliphatic carbocycles. The van der Waals surface area contributed by atoms with Crippen LogP contribution in [0.15, 0.2) is 48.7 Å². The first-order valence-corrected chi connectivity index (χ1v) is 11.5. The maximum atomic E-state index is 12.7. The first kappa shape index (κ1) is 24.3. The van der Waals surface area contributed by atoms with Crippen LogP contribution in [0.5, 0.6) is 17.4 Å². The van der Waals surface area contributed by atoms with Crippen molar-refractivity contribution in [2.45, 2.75) is 41.2 Å². The van der Waals surface area contributed by atoms with E-state index in [9.17, 15) is 9.59 Å². The van der Waals surface area contributed by atoms with Gasteiger partial charge in [-0.15, -0.1) is 11.3 Å². The molecule has 2 heterocycles. The molecule has 3 aromatic rings. The van der Waals surface area contributed by atoms with E-state index in [1.807, 2.05) is 71.0 Å². The molecule has 0 unspecified atom stereocenters. The fourth-order valence-electron chi connectivity index (χ4n) is 2.84. The molecule has 8 heteroatoms. The number of thiophene rings is 1. The number of carbonyl (C=O) groups is 2. The van der Waals surface area contributed by atoms with Crippen LogP contribution < -0.4 is 20.1 Å². The Balaban J connectivity index is 1.60. The van der Waals surface area contributed by atoms with Crippen molar-refractivity contribution >= 4 is 28.2 Å². The summed E-state index contributed by atoms with van der Waals surface area (Å²) in [7, 11) is 0. The van der Waals surface area contributed by atoms with Crippen molar-refractivity contribution in [3.63, 3.8) is 0 Å². The standard InChI is InChI=1S/C25H29N3O4S/c1-6-31-18-7-9-19(10-8-18)32-20-14-17(11-12-26-20)15-27-23(29)22-16(2)13-21(33-22)28-24(30)25(3,4)5/h7-14H,6,15H2,1-5H3,(H,27,29)(H,28,30). The molecular formula is C25H29N3O4S. The number of aryl methyl sites for hydroxylation is 1. The molecule has 0 saturated carbocycles. The quantitative estimate of drug-likeness (QED) is 0.453. The van der Waals surface area contributed by atoms with Crippen LogP contribution in [0.25, 0.3) is 0 Å². The second-order valence-corrected chi connectivity index (χ2v) is 9.57. The third kappa shape index (κ3) is 6.79. The molecule has 2 amide bonds. The lowest BCUT2D eigenvalue weighted by atomic mass is 9.96. The third-order valence-corrected chi connectivity index (χ3v) is 5.80. The van der Waals surface area contributed by atoms with Gasteiger partial charge in [0.2, 0.25) is 11.8 Å². The van der Waals surface area contributed by atoms with Crippen LogP contribution in [-0.2, 0) is 11.3 Å². The van der Waals surface area contributed by atoms with Crippen LogP contribution in [0, 0.1) is 12.3 Å². The largest absolute Gasteiger partial charge is 0.494 e. The Morgan fingerprint density at radius 2 is 1.76 bits per heavy atom. The minimum atomic E-state index is -0.507. The molecule has 0 aliphatic heterocycles. The van der Waals surface area contributed by atoms with Gasteiger partial charge in [0.05, 0.1) is 16.5 Å². The number of hydrogen-bond acceptors (Lipinski definition) is 6. The molecule has 0 atom stereocenters. The zero-order valence-electron chi connectivity index (χ0n) is 19.5. The second kappa shape index (κ2) is 10.5. The van der Waals surface area contributed by atoms with Gasteiger partial charge >= 0.3 is 0 Å². The molecule has 33 heavy (non-hydrogen) atoms. The number of benzene rings is 1. The maximum absolute atomic E-state index is 12.7.